The van der Waals surface area contributed by atoms with Gasteiger partial charge in [0.25, 0.3) is 5.91 Å². The van der Waals surface area contributed by atoms with E-state index in [9.17, 15) is 19.2 Å². The van der Waals surface area contributed by atoms with Crippen molar-refractivity contribution in [1.82, 2.24) is 14.9 Å². The Kier molecular flexibility index (Phi) is 12.9. The van der Waals surface area contributed by atoms with Crippen LogP contribution in [0.1, 0.15) is 77.4 Å². The van der Waals surface area contributed by atoms with Crippen LogP contribution in [0.4, 0.5) is 0 Å². The molecule has 280 valence electrons. The van der Waals surface area contributed by atoms with E-state index in [1.165, 1.54) is 5.56 Å². The minimum absolute atomic E-state index is 0.00608. The third kappa shape index (κ3) is 10.4. The van der Waals surface area contributed by atoms with Crippen molar-refractivity contribution < 1.29 is 33.4 Å². The number of fused-ring (bicyclic) bond motifs is 1. The first kappa shape index (κ1) is 38.9. The highest BCUT2D eigenvalue weighted by Crippen LogP contribution is 2.30. The Hall–Kier alpha value is -6.30. The lowest BCUT2D eigenvalue weighted by molar-refractivity contribution is -0.173. The summed E-state index contributed by atoms with van der Waals surface area (Å²) >= 11 is 0. The molecule has 0 aliphatic carbocycles. The van der Waals surface area contributed by atoms with Crippen LogP contribution in [0.25, 0.3) is 22.4 Å². The summed E-state index contributed by atoms with van der Waals surface area (Å²) in [5.74, 6) is -1.78. The van der Waals surface area contributed by atoms with Crippen LogP contribution in [0.15, 0.2) is 97.1 Å². The molecule has 1 amide bonds. The van der Waals surface area contributed by atoms with Gasteiger partial charge in [-0.25, -0.2) is 9.78 Å². The van der Waals surface area contributed by atoms with Crippen LogP contribution in [0.5, 0.6) is 0 Å². The van der Waals surface area contributed by atoms with Crippen molar-refractivity contribution >= 4 is 40.7 Å². The number of carbonyl (C=O) groups excluding carboxylic acids is 4. The van der Waals surface area contributed by atoms with Gasteiger partial charge in [-0.1, -0.05) is 60.7 Å². The number of nitrogens with two attached hydrogens (primary N) is 1. The lowest BCUT2D eigenvalue weighted by atomic mass is 9.98. The first-order valence-corrected chi connectivity index (χ1v) is 17.8. The Morgan fingerprint density at radius 2 is 1.50 bits per heavy atom. The molecule has 0 bridgehead atoms. The molecule has 12 nitrogen and oxygen atoms in total. The average molecular weight is 732 g/mol. The second-order valence-electron chi connectivity index (χ2n) is 13.8. The molecule has 0 atom stereocenters. The van der Waals surface area contributed by atoms with Crippen LogP contribution in [-0.4, -0.2) is 52.5 Å². The number of nitrogens with zero attached hydrogens (tertiary/aromatic N) is 2. The fourth-order valence-electron chi connectivity index (χ4n) is 5.66. The summed E-state index contributed by atoms with van der Waals surface area (Å²) in [6, 6.07) is 29.7. The molecule has 0 saturated carbocycles. The Balaban J connectivity index is 1.34. The van der Waals surface area contributed by atoms with E-state index < -0.39 is 36.0 Å². The van der Waals surface area contributed by atoms with Crippen LogP contribution in [0.2, 0.25) is 0 Å². The predicted octanol–water partition coefficient (Wildman–Crippen LogP) is 6.58. The van der Waals surface area contributed by atoms with E-state index in [0.29, 0.717) is 34.6 Å². The van der Waals surface area contributed by atoms with E-state index in [4.69, 9.17) is 30.3 Å². The number of unbranched alkanes of at least 4 members (excludes halogenated alkanes) is 1. The van der Waals surface area contributed by atoms with Crippen LogP contribution in [-0.2, 0) is 43.4 Å². The molecule has 0 spiro atoms. The lowest BCUT2D eigenvalue weighted by Crippen LogP contribution is -2.27. The Morgan fingerprint density at radius 3 is 2.19 bits per heavy atom. The van der Waals surface area contributed by atoms with Gasteiger partial charge < -0.3 is 29.8 Å². The molecule has 4 N–H and O–H groups in total. The van der Waals surface area contributed by atoms with Gasteiger partial charge in [-0.2, -0.15) is 0 Å². The maximum Gasteiger partial charge on any atom is 0.338 e. The van der Waals surface area contributed by atoms with Gasteiger partial charge in [-0.15, -0.1) is 0 Å². The summed E-state index contributed by atoms with van der Waals surface area (Å²) < 4.78 is 17.5. The Labute approximate surface area is 314 Å². The molecule has 5 aromatic rings. The van der Waals surface area contributed by atoms with Crippen molar-refractivity contribution in [2.24, 2.45) is 11.1 Å². The average Bonchev–Trinajstić information content (AvgIpc) is 3.53. The van der Waals surface area contributed by atoms with E-state index in [0.717, 1.165) is 30.3 Å². The van der Waals surface area contributed by atoms with Gasteiger partial charge in [0.2, 0.25) is 6.79 Å². The number of hydrogen-bond donors (Lipinski definition) is 3. The van der Waals surface area contributed by atoms with Crippen molar-refractivity contribution in [3.8, 4) is 11.4 Å². The second-order valence-corrected chi connectivity index (χ2v) is 13.8. The van der Waals surface area contributed by atoms with Crippen LogP contribution >= 0.6 is 0 Å². The van der Waals surface area contributed by atoms with Crippen molar-refractivity contribution in [1.29, 1.82) is 5.41 Å². The Morgan fingerprint density at radius 1 is 0.815 bits per heavy atom. The first-order valence-electron chi connectivity index (χ1n) is 17.8. The number of amides is 1. The maximum atomic E-state index is 13.1. The molecule has 12 heteroatoms. The van der Waals surface area contributed by atoms with E-state index in [1.807, 2.05) is 59.2 Å². The molecular formula is C42H45N5O7. The number of benzene rings is 4. The largest absolute Gasteiger partial charge is 0.457 e. The zero-order valence-electron chi connectivity index (χ0n) is 30.7. The molecule has 0 unspecified atom stereocenters. The number of nitrogens with one attached hydrogen (secondary N) is 2. The fraction of sp³-hybridized carbons (Fsp3) is 0.286. The highest BCUT2D eigenvalue weighted by atomic mass is 16.7. The number of ether oxygens (including phenoxy) is 3. The van der Waals surface area contributed by atoms with Crippen LogP contribution < -0.4 is 11.1 Å². The molecule has 0 aliphatic heterocycles. The van der Waals surface area contributed by atoms with Gasteiger partial charge >= 0.3 is 17.9 Å². The minimum atomic E-state index is -0.723. The molecule has 54 heavy (non-hydrogen) atoms. The molecule has 0 fully saturated rings. The number of nitrogen functional groups attached to an aromatic ring is 1. The number of rotatable bonds is 16. The monoisotopic (exact) mass is 731 g/mol. The third-order valence-corrected chi connectivity index (χ3v) is 8.59. The van der Waals surface area contributed by atoms with E-state index in [2.05, 4.69) is 17.4 Å². The van der Waals surface area contributed by atoms with Gasteiger partial charge in [0, 0.05) is 29.8 Å². The molecule has 4 aromatic carbocycles. The van der Waals surface area contributed by atoms with Crippen molar-refractivity contribution in [2.75, 3.05) is 13.3 Å². The standard InChI is InChI=1S/C42H45N5O7/c1-42(2,3)41(51)54-27-53-36(48)21-22-45-39(49)30-18-20-35-34(25-30)46-38(47(35)23-11-10-14-28-12-6-4-7-13-28)32-19-17-31(24-33(32)37(43)44)40(50)52-26-29-15-8-5-9-16-29/h4-9,12-13,15-20,24-25H,10-11,14,21-23,26-27H2,1-3H3,(H3,43,44)(H,45,49). The number of esters is 3. The molecule has 0 aliphatic rings. The van der Waals surface area contributed by atoms with E-state index in [-0.39, 0.29) is 31.0 Å². The van der Waals surface area contributed by atoms with Gasteiger partial charge in [-0.05, 0) is 87.6 Å². The van der Waals surface area contributed by atoms with Crippen LogP contribution in [0.3, 0.4) is 0 Å². The molecular weight excluding hydrogens is 686 g/mol. The summed E-state index contributed by atoms with van der Waals surface area (Å²) in [6.07, 6.45) is 2.52. The van der Waals surface area contributed by atoms with Gasteiger partial charge in [0.05, 0.1) is 28.4 Å². The molecule has 0 radical (unpaired) electrons. The SMILES string of the molecule is CC(C)(C)C(=O)OCOC(=O)CCNC(=O)c1ccc2c(c1)nc(-c1ccc(C(=O)OCc3ccccc3)cc1C(=N)N)n2CCCCc1ccccc1. The first-order chi connectivity index (χ1) is 25.9. The van der Waals surface area contributed by atoms with E-state index >= 15 is 0 Å². The van der Waals surface area contributed by atoms with Gasteiger partial charge in [0.15, 0.2) is 0 Å². The van der Waals surface area contributed by atoms with Gasteiger partial charge in [-0.3, -0.25) is 19.8 Å². The quantitative estimate of drug-likeness (QED) is 0.0333. The number of aromatic nitrogens is 2. The number of amidine groups is 1. The Bertz CT molecular complexity index is 2120. The normalized spacial score (nSPS) is 11.2. The van der Waals surface area contributed by atoms with Crippen molar-refractivity contribution in [3.63, 3.8) is 0 Å². The summed E-state index contributed by atoms with van der Waals surface area (Å²) in [4.78, 5) is 55.1. The maximum absolute atomic E-state index is 13.1. The summed E-state index contributed by atoms with van der Waals surface area (Å²) in [7, 11) is 0. The molecule has 1 heterocycles. The molecule has 1 aromatic heterocycles. The number of aryl methyl sites for hydroxylation is 2. The topological polar surface area (TPSA) is 176 Å². The zero-order valence-corrected chi connectivity index (χ0v) is 30.7. The minimum Gasteiger partial charge on any atom is -0.457 e. The molecule has 5 rings (SSSR count). The zero-order chi connectivity index (χ0) is 38.7. The van der Waals surface area contributed by atoms with Crippen molar-refractivity contribution in [2.45, 2.75) is 59.6 Å². The highest BCUT2D eigenvalue weighted by Gasteiger charge is 2.24. The fourth-order valence-corrected chi connectivity index (χ4v) is 5.66. The highest BCUT2D eigenvalue weighted by molar-refractivity contribution is 6.04. The van der Waals surface area contributed by atoms with Crippen LogP contribution in [0, 0.1) is 10.8 Å². The molecule has 0 saturated heterocycles. The summed E-state index contributed by atoms with van der Waals surface area (Å²) in [5, 5.41) is 11.1. The number of imidazole rings is 1. The van der Waals surface area contributed by atoms with E-state index in [1.54, 1.807) is 51.1 Å². The third-order valence-electron chi connectivity index (χ3n) is 8.59. The smallest absolute Gasteiger partial charge is 0.338 e. The summed E-state index contributed by atoms with van der Waals surface area (Å²) in [5.41, 5.74) is 10.2. The number of hydrogen-bond acceptors (Lipinski definition) is 9. The number of carbonyl (C=O) groups is 4. The summed E-state index contributed by atoms with van der Waals surface area (Å²) in [6.45, 7) is 5.28. The van der Waals surface area contributed by atoms with Gasteiger partial charge in [0.1, 0.15) is 18.3 Å². The predicted molar refractivity (Wildman–Crippen MR) is 205 cm³/mol. The lowest BCUT2D eigenvalue weighted by Gasteiger charge is -2.16. The second kappa shape index (κ2) is 18.0. The van der Waals surface area contributed by atoms with Crippen molar-refractivity contribution in [3.05, 3.63) is 125 Å².